The van der Waals surface area contributed by atoms with Crippen molar-refractivity contribution in [3.8, 4) is 5.75 Å². The Bertz CT molecular complexity index is 906. The first kappa shape index (κ1) is 19.8. The summed E-state index contributed by atoms with van der Waals surface area (Å²) in [6.45, 7) is 6.12. The van der Waals surface area contributed by atoms with Gasteiger partial charge in [-0.05, 0) is 55.7 Å². The minimum Gasteiger partial charge on any atom is -0.492 e. The van der Waals surface area contributed by atoms with E-state index < -0.39 is 16.0 Å². The van der Waals surface area contributed by atoms with E-state index in [4.69, 9.17) is 4.74 Å². The number of unbranched alkanes of at least 4 members (excludes halogenated alkanes) is 1. The molecule has 26 heavy (non-hydrogen) atoms. The van der Waals surface area contributed by atoms with Gasteiger partial charge in [0, 0.05) is 0 Å². The van der Waals surface area contributed by atoms with Gasteiger partial charge in [0.05, 0.1) is 17.9 Å². The molecule has 0 radical (unpaired) electrons. The van der Waals surface area contributed by atoms with Crippen molar-refractivity contribution in [2.75, 3.05) is 11.3 Å². The fraction of sp³-hybridized carbons (Fsp3) is 0.316. The van der Waals surface area contributed by atoms with Crippen LogP contribution in [0.5, 0.6) is 5.75 Å². The first-order chi connectivity index (χ1) is 12.3. The van der Waals surface area contributed by atoms with Gasteiger partial charge < -0.3 is 9.84 Å². The third-order valence-corrected chi connectivity index (χ3v) is 5.39. The quantitative estimate of drug-likeness (QED) is 0.679. The molecule has 0 spiro atoms. The number of para-hydroxylation sites is 1. The number of carbonyl (C=O) groups is 1. The Labute approximate surface area is 153 Å². The molecular weight excluding hydrogens is 354 g/mol. The molecule has 7 heteroatoms. The van der Waals surface area contributed by atoms with E-state index in [0.29, 0.717) is 6.61 Å². The maximum Gasteiger partial charge on any atom is 0.337 e. The third-order valence-electron chi connectivity index (χ3n) is 4.01. The van der Waals surface area contributed by atoms with Crippen LogP contribution >= 0.6 is 0 Å². The number of rotatable bonds is 8. The first-order valence-electron chi connectivity index (χ1n) is 8.35. The Kier molecular flexibility index (Phi) is 6.26. The summed E-state index contributed by atoms with van der Waals surface area (Å²) in [5.74, 6) is -0.940. The number of carboxylic acids is 1. The van der Waals surface area contributed by atoms with Crippen molar-refractivity contribution in [3.05, 3.63) is 53.1 Å². The fourth-order valence-electron chi connectivity index (χ4n) is 2.37. The van der Waals surface area contributed by atoms with Crippen LogP contribution in [0.25, 0.3) is 0 Å². The van der Waals surface area contributed by atoms with E-state index in [-0.39, 0.29) is 21.9 Å². The van der Waals surface area contributed by atoms with Crippen molar-refractivity contribution in [1.29, 1.82) is 0 Å². The van der Waals surface area contributed by atoms with Gasteiger partial charge in [0.15, 0.2) is 0 Å². The average molecular weight is 377 g/mol. The van der Waals surface area contributed by atoms with Gasteiger partial charge in [-0.25, -0.2) is 13.2 Å². The van der Waals surface area contributed by atoms with Crippen LogP contribution in [-0.2, 0) is 10.0 Å². The van der Waals surface area contributed by atoms with Crippen LogP contribution in [0.1, 0.15) is 41.3 Å². The molecule has 2 N–H and O–H groups in total. The van der Waals surface area contributed by atoms with Crippen LogP contribution in [0.4, 0.5) is 5.69 Å². The molecule has 0 aliphatic rings. The number of hydrogen-bond donors (Lipinski definition) is 2. The van der Waals surface area contributed by atoms with Gasteiger partial charge >= 0.3 is 5.97 Å². The molecule has 6 nitrogen and oxygen atoms in total. The number of benzene rings is 2. The van der Waals surface area contributed by atoms with Crippen LogP contribution in [0, 0.1) is 13.8 Å². The van der Waals surface area contributed by atoms with Gasteiger partial charge in [0.2, 0.25) is 0 Å². The van der Waals surface area contributed by atoms with Crippen LogP contribution in [0.15, 0.2) is 41.3 Å². The highest BCUT2D eigenvalue weighted by atomic mass is 32.2. The monoisotopic (exact) mass is 377 g/mol. The van der Waals surface area contributed by atoms with Crippen molar-refractivity contribution >= 4 is 21.7 Å². The predicted molar refractivity (Wildman–Crippen MR) is 101 cm³/mol. The molecule has 0 heterocycles. The van der Waals surface area contributed by atoms with Gasteiger partial charge in [0.25, 0.3) is 10.0 Å². The minimum atomic E-state index is -4.01. The SMILES string of the molecule is CCCCOc1cc(C)c(C)cc1S(=O)(=O)Nc1ccccc1C(=O)O. The van der Waals surface area contributed by atoms with Gasteiger partial charge in [-0.1, -0.05) is 25.5 Å². The molecule has 2 aromatic rings. The normalized spacial score (nSPS) is 11.2. The van der Waals surface area contributed by atoms with Crippen LogP contribution in [0.3, 0.4) is 0 Å². The lowest BCUT2D eigenvalue weighted by molar-refractivity contribution is 0.0698. The molecule has 0 bridgehead atoms. The first-order valence-corrected chi connectivity index (χ1v) is 9.83. The third kappa shape index (κ3) is 4.54. The highest BCUT2D eigenvalue weighted by Gasteiger charge is 2.23. The molecule has 2 aromatic carbocycles. The molecule has 0 aromatic heterocycles. The van der Waals surface area contributed by atoms with E-state index in [0.717, 1.165) is 24.0 Å². The smallest absolute Gasteiger partial charge is 0.337 e. The lowest BCUT2D eigenvalue weighted by atomic mass is 10.1. The standard InChI is InChI=1S/C19H23NO5S/c1-4-5-10-25-17-11-13(2)14(3)12-18(17)26(23,24)20-16-9-7-6-8-15(16)19(21)22/h6-9,11-12,20H,4-5,10H2,1-3H3,(H,21,22). The molecule has 0 aliphatic heterocycles. The van der Waals surface area contributed by atoms with Crippen molar-refractivity contribution in [2.24, 2.45) is 0 Å². The molecular formula is C19H23NO5S. The Balaban J connectivity index is 2.45. The van der Waals surface area contributed by atoms with E-state index in [9.17, 15) is 18.3 Å². The summed E-state index contributed by atoms with van der Waals surface area (Å²) in [6, 6.07) is 9.11. The van der Waals surface area contributed by atoms with Crippen molar-refractivity contribution in [2.45, 2.75) is 38.5 Å². The second kappa shape index (κ2) is 8.23. The zero-order valence-electron chi connectivity index (χ0n) is 15.1. The molecule has 0 unspecified atom stereocenters. The minimum absolute atomic E-state index is 0.00288. The zero-order valence-corrected chi connectivity index (χ0v) is 15.9. The predicted octanol–water partition coefficient (Wildman–Crippen LogP) is 3.98. The molecule has 0 saturated carbocycles. The Morgan fingerprint density at radius 2 is 1.81 bits per heavy atom. The number of nitrogens with one attached hydrogen (secondary N) is 1. The van der Waals surface area contributed by atoms with Gasteiger partial charge in [-0.3, -0.25) is 4.72 Å². The number of ether oxygens (including phenoxy) is 1. The highest BCUT2D eigenvalue weighted by Crippen LogP contribution is 2.30. The number of aromatic carboxylic acids is 1. The molecule has 140 valence electrons. The van der Waals surface area contributed by atoms with Crippen molar-refractivity contribution in [3.63, 3.8) is 0 Å². The highest BCUT2D eigenvalue weighted by molar-refractivity contribution is 7.92. The van der Waals surface area contributed by atoms with Gasteiger partial charge in [0.1, 0.15) is 10.6 Å². The largest absolute Gasteiger partial charge is 0.492 e. The Morgan fingerprint density at radius 1 is 1.15 bits per heavy atom. The summed E-state index contributed by atoms with van der Waals surface area (Å²) in [7, 11) is -4.01. The zero-order chi connectivity index (χ0) is 19.3. The number of sulfonamides is 1. The lowest BCUT2D eigenvalue weighted by Gasteiger charge is -2.16. The Morgan fingerprint density at radius 3 is 2.46 bits per heavy atom. The van der Waals surface area contributed by atoms with Crippen LogP contribution in [0.2, 0.25) is 0 Å². The van der Waals surface area contributed by atoms with E-state index >= 15 is 0 Å². The summed E-state index contributed by atoms with van der Waals surface area (Å²) in [4.78, 5) is 11.3. The van der Waals surface area contributed by atoms with Crippen molar-refractivity contribution in [1.82, 2.24) is 0 Å². The summed E-state index contributed by atoms with van der Waals surface area (Å²) in [5, 5.41) is 9.25. The van der Waals surface area contributed by atoms with E-state index in [1.54, 1.807) is 18.2 Å². The van der Waals surface area contributed by atoms with E-state index in [1.165, 1.54) is 18.2 Å². The molecule has 2 rings (SSSR count). The summed E-state index contributed by atoms with van der Waals surface area (Å²) in [5.41, 5.74) is 1.62. The van der Waals surface area contributed by atoms with E-state index in [1.807, 2.05) is 20.8 Å². The second-order valence-corrected chi connectivity index (χ2v) is 7.69. The lowest BCUT2D eigenvalue weighted by Crippen LogP contribution is -2.17. The van der Waals surface area contributed by atoms with Crippen LogP contribution in [-0.4, -0.2) is 26.1 Å². The summed E-state index contributed by atoms with van der Waals surface area (Å²) < 4.78 is 33.9. The molecule has 0 saturated heterocycles. The maximum absolute atomic E-state index is 12.9. The topological polar surface area (TPSA) is 92.7 Å². The van der Waals surface area contributed by atoms with Crippen LogP contribution < -0.4 is 9.46 Å². The molecule has 0 fully saturated rings. The molecule has 0 atom stereocenters. The molecule has 0 amide bonds. The fourth-order valence-corrected chi connectivity index (χ4v) is 3.66. The van der Waals surface area contributed by atoms with Gasteiger partial charge in [-0.2, -0.15) is 0 Å². The molecule has 0 aliphatic carbocycles. The average Bonchev–Trinajstić information content (AvgIpc) is 2.57. The van der Waals surface area contributed by atoms with Gasteiger partial charge in [-0.15, -0.1) is 0 Å². The summed E-state index contributed by atoms with van der Waals surface area (Å²) in [6.07, 6.45) is 1.73. The second-order valence-electron chi connectivity index (χ2n) is 6.04. The number of carboxylic acid groups (broad SMARTS) is 1. The number of aryl methyl sites for hydroxylation is 2. The summed E-state index contributed by atoms with van der Waals surface area (Å²) >= 11 is 0. The number of anilines is 1. The van der Waals surface area contributed by atoms with Crippen molar-refractivity contribution < 1.29 is 23.1 Å². The number of hydrogen-bond acceptors (Lipinski definition) is 4. The van der Waals surface area contributed by atoms with E-state index in [2.05, 4.69) is 4.72 Å². The Hall–Kier alpha value is -2.54. The maximum atomic E-state index is 12.9.